The molecule has 12 heteroatoms. The Morgan fingerprint density at radius 2 is 1.12 bits per heavy atom. The maximum atomic E-state index is 10.7. The zero-order valence-electron chi connectivity index (χ0n) is 21.9. The average molecular weight is 523 g/mol. The van der Waals surface area contributed by atoms with Gasteiger partial charge in [0.05, 0.1) is 0 Å². The van der Waals surface area contributed by atoms with Crippen molar-refractivity contribution in [3.05, 3.63) is 6.07 Å². The topological polar surface area (TPSA) is 113 Å². The molecule has 34 heavy (non-hydrogen) atoms. The Hall–Kier alpha value is -1.13. The van der Waals surface area contributed by atoms with Gasteiger partial charge in [-0.1, -0.05) is 0 Å². The largest absolute Gasteiger partial charge is 0.500 e. The van der Waals surface area contributed by atoms with Crippen LogP contribution in [0.25, 0.3) is 0 Å². The van der Waals surface area contributed by atoms with Gasteiger partial charge in [-0.15, -0.1) is 0 Å². The zero-order valence-corrected chi connectivity index (χ0v) is 23.9. The lowest BCUT2D eigenvalue weighted by atomic mass is 10.4. The van der Waals surface area contributed by atoms with Gasteiger partial charge in [0.2, 0.25) is 5.88 Å². The summed E-state index contributed by atoms with van der Waals surface area (Å²) in [5.74, 6) is -0.00454. The Bertz CT molecular complexity index is 644. The van der Waals surface area contributed by atoms with E-state index in [1.54, 1.807) is 0 Å². The molecule has 0 radical (unpaired) electrons. The van der Waals surface area contributed by atoms with Crippen LogP contribution in [0.4, 0.5) is 5.69 Å². The van der Waals surface area contributed by atoms with Gasteiger partial charge in [-0.25, -0.2) is 0 Å². The minimum Gasteiger partial charge on any atom is -0.494 e. The molecule has 0 spiro atoms. The highest BCUT2D eigenvalue weighted by Gasteiger charge is 2.40. The van der Waals surface area contributed by atoms with Crippen LogP contribution >= 0.6 is 0 Å². The summed E-state index contributed by atoms with van der Waals surface area (Å²) in [5, 5.41) is 24.2. The third-order valence-electron chi connectivity index (χ3n) is 5.07. The lowest BCUT2D eigenvalue weighted by Crippen LogP contribution is -2.46. The van der Waals surface area contributed by atoms with E-state index in [0.717, 1.165) is 6.42 Å². The summed E-state index contributed by atoms with van der Waals surface area (Å²) >= 11 is 0. The summed E-state index contributed by atoms with van der Waals surface area (Å²) in [7, 11) is -5.46. The average Bonchev–Trinajstić information content (AvgIpc) is 3.05. The van der Waals surface area contributed by atoms with Crippen LogP contribution in [0.1, 0.15) is 54.4 Å². The van der Waals surface area contributed by atoms with E-state index in [9.17, 15) is 10.2 Å². The first-order valence-electron chi connectivity index (χ1n) is 12.5. The number of hydrogen-bond donors (Lipinski definition) is 3. The van der Waals surface area contributed by atoms with E-state index in [-0.39, 0.29) is 11.8 Å². The maximum absolute atomic E-state index is 10.7. The first-order valence-corrected chi connectivity index (χ1v) is 16.4. The lowest BCUT2D eigenvalue weighted by molar-refractivity contribution is 0.0698. The van der Waals surface area contributed by atoms with Gasteiger partial charge >= 0.3 is 17.6 Å². The SMILES string of the molecule is CCO[Si](CCCNc1cc(O)n(CCC[Si](OCC)(OCC)OCC)c1O)(OCC)OCC. The van der Waals surface area contributed by atoms with Crippen molar-refractivity contribution in [2.24, 2.45) is 0 Å². The second-order valence-electron chi connectivity index (χ2n) is 7.49. The second kappa shape index (κ2) is 16.5. The highest BCUT2D eigenvalue weighted by atomic mass is 28.4. The third-order valence-corrected chi connectivity index (χ3v) is 11.4. The van der Waals surface area contributed by atoms with Gasteiger partial charge < -0.3 is 42.1 Å². The van der Waals surface area contributed by atoms with E-state index >= 15 is 0 Å². The molecule has 1 rings (SSSR count). The minimum atomic E-state index is -2.77. The predicted octanol–water partition coefficient (Wildman–Crippen LogP) is 4.19. The molecule has 0 saturated carbocycles. The molecule has 10 nitrogen and oxygen atoms in total. The highest BCUT2D eigenvalue weighted by molar-refractivity contribution is 6.61. The number of rotatable bonds is 21. The molecule has 0 amide bonds. The van der Waals surface area contributed by atoms with Gasteiger partial charge in [0.1, 0.15) is 5.69 Å². The van der Waals surface area contributed by atoms with Crippen molar-refractivity contribution in [2.45, 2.75) is 73.0 Å². The van der Waals surface area contributed by atoms with E-state index in [1.165, 1.54) is 10.6 Å². The van der Waals surface area contributed by atoms with Gasteiger partial charge in [-0.2, -0.15) is 0 Å². The zero-order chi connectivity index (χ0) is 25.5. The smallest absolute Gasteiger partial charge is 0.494 e. The van der Waals surface area contributed by atoms with Crippen molar-refractivity contribution < 1.29 is 36.8 Å². The Labute approximate surface area is 207 Å². The predicted molar refractivity (Wildman–Crippen MR) is 136 cm³/mol. The standard InChI is InChI=1S/C22H46N2O8Si2/c1-7-27-33(28-8-2,29-9-3)17-13-15-23-20-19-21(25)24(22(20)26)16-14-18-34(30-10-4,31-11-5)32-12-6/h19,23,25-26H,7-18H2,1-6H3. The van der Waals surface area contributed by atoms with E-state index in [1.807, 2.05) is 41.5 Å². The third kappa shape index (κ3) is 9.49. The molecule has 0 bridgehead atoms. The molecule has 0 unspecified atom stereocenters. The Kier molecular flexibility index (Phi) is 15.0. The number of hydrogen-bond acceptors (Lipinski definition) is 9. The van der Waals surface area contributed by atoms with Crippen molar-refractivity contribution in [3.63, 3.8) is 0 Å². The fraction of sp³-hybridized carbons (Fsp3) is 0.818. The molecule has 0 aromatic carbocycles. The molecule has 200 valence electrons. The molecular weight excluding hydrogens is 476 g/mol. The molecule has 1 aromatic heterocycles. The van der Waals surface area contributed by atoms with E-state index in [2.05, 4.69) is 5.32 Å². The van der Waals surface area contributed by atoms with Crippen LogP contribution in [0.5, 0.6) is 11.8 Å². The van der Waals surface area contributed by atoms with Crippen LogP contribution in [0.3, 0.4) is 0 Å². The quantitative estimate of drug-likeness (QED) is 0.162. The number of nitrogens with zero attached hydrogens (tertiary/aromatic N) is 1. The van der Waals surface area contributed by atoms with E-state index in [0.29, 0.717) is 76.9 Å². The van der Waals surface area contributed by atoms with Crippen LogP contribution in [0.2, 0.25) is 12.1 Å². The molecular formula is C22H46N2O8Si2. The molecule has 3 N–H and O–H groups in total. The summed E-state index contributed by atoms with van der Waals surface area (Å²) in [6.07, 6.45) is 1.37. The van der Waals surface area contributed by atoms with E-state index in [4.69, 9.17) is 26.6 Å². The van der Waals surface area contributed by atoms with Gasteiger partial charge in [-0.3, -0.25) is 4.57 Å². The number of nitrogens with one attached hydrogen (secondary N) is 1. The number of aromatic hydroxyl groups is 2. The van der Waals surface area contributed by atoms with Crippen molar-refractivity contribution in [2.75, 3.05) is 51.5 Å². The molecule has 1 aromatic rings. The minimum absolute atomic E-state index is 0.00170. The monoisotopic (exact) mass is 522 g/mol. The summed E-state index contributed by atoms with van der Waals surface area (Å²) in [4.78, 5) is 0. The fourth-order valence-electron chi connectivity index (χ4n) is 3.86. The first-order chi connectivity index (χ1) is 16.4. The van der Waals surface area contributed by atoms with Crippen molar-refractivity contribution in [1.29, 1.82) is 0 Å². The van der Waals surface area contributed by atoms with Crippen LogP contribution in [0.15, 0.2) is 6.07 Å². The molecule has 0 fully saturated rings. The summed E-state index contributed by atoms with van der Waals surface area (Å²) < 4.78 is 36.8. The van der Waals surface area contributed by atoms with Gasteiger partial charge in [-0.05, 0) is 54.4 Å². The van der Waals surface area contributed by atoms with Crippen molar-refractivity contribution in [1.82, 2.24) is 4.57 Å². The Morgan fingerprint density at radius 1 is 0.706 bits per heavy atom. The molecule has 0 aliphatic heterocycles. The number of anilines is 1. The van der Waals surface area contributed by atoms with Crippen LogP contribution < -0.4 is 5.32 Å². The Morgan fingerprint density at radius 3 is 1.53 bits per heavy atom. The summed E-state index contributed by atoms with van der Waals surface area (Å²) in [6.45, 7) is 15.7. The second-order valence-corrected chi connectivity index (χ2v) is 13.0. The molecule has 0 aliphatic carbocycles. The summed E-state index contributed by atoms with van der Waals surface area (Å²) in [5.41, 5.74) is 0.483. The van der Waals surface area contributed by atoms with Crippen LogP contribution in [-0.2, 0) is 33.1 Å². The number of aromatic nitrogens is 1. The van der Waals surface area contributed by atoms with Gasteiger partial charge in [0.15, 0.2) is 5.88 Å². The fourth-order valence-corrected chi connectivity index (χ4v) is 9.07. The van der Waals surface area contributed by atoms with Gasteiger partial charge in [0.25, 0.3) is 0 Å². The van der Waals surface area contributed by atoms with Crippen molar-refractivity contribution in [3.8, 4) is 11.8 Å². The lowest BCUT2D eigenvalue weighted by Gasteiger charge is -2.28. The molecule has 0 aliphatic rings. The molecule has 0 atom stereocenters. The molecule has 0 saturated heterocycles. The van der Waals surface area contributed by atoms with E-state index < -0.39 is 17.6 Å². The Balaban J connectivity index is 2.69. The summed E-state index contributed by atoms with van der Waals surface area (Å²) in [6, 6.07) is 2.80. The first kappa shape index (κ1) is 30.9. The highest BCUT2D eigenvalue weighted by Crippen LogP contribution is 2.33. The van der Waals surface area contributed by atoms with Crippen LogP contribution in [0, 0.1) is 0 Å². The van der Waals surface area contributed by atoms with Crippen molar-refractivity contribution >= 4 is 23.3 Å². The maximum Gasteiger partial charge on any atom is 0.500 e. The van der Waals surface area contributed by atoms with Gasteiger partial charge in [0, 0.05) is 70.9 Å². The normalized spacial score (nSPS) is 12.4. The van der Waals surface area contributed by atoms with Crippen LogP contribution in [-0.4, -0.2) is 78.6 Å². The molecule has 1 heterocycles.